The Morgan fingerprint density at radius 3 is 2.07 bits per heavy atom. The fourth-order valence-electron chi connectivity index (χ4n) is 3.09. The zero-order chi connectivity index (χ0) is 19.3. The zero-order valence-electron chi connectivity index (χ0n) is 16.4. The van der Waals surface area contributed by atoms with E-state index in [1.54, 1.807) is 36.4 Å². The number of rotatable bonds is 13. The smallest absolute Gasteiger partial charge is 0.195 e. The van der Waals surface area contributed by atoms with E-state index in [0.717, 1.165) is 12.2 Å². The minimum atomic E-state index is -1.13. The summed E-state index contributed by atoms with van der Waals surface area (Å²) in [6, 6.07) is 16.0. The fraction of sp³-hybridized carbons (Fsp3) is 0.458. The summed E-state index contributed by atoms with van der Waals surface area (Å²) >= 11 is 0. The molecule has 0 aliphatic carbocycles. The number of carbonyl (C=O) groups excluding carboxylic acids is 1. The molecule has 27 heavy (non-hydrogen) atoms. The number of ether oxygens (including phenoxy) is 1. The van der Waals surface area contributed by atoms with Crippen LogP contribution in [0.5, 0.6) is 5.75 Å². The third kappa shape index (κ3) is 7.56. The van der Waals surface area contributed by atoms with E-state index in [4.69, 9.17) is 4.74 Å². The van der Waals surface area contributed by atoms with Gasteiger partial charge in [-0.25, -0.2) is 0 Å². The van der Waals surface area contributed by atoms with Crippen molar-refractivity contribution in [3.05, 3.63) is 65.7 Å². The van der Waals surface area contributed by atoms with Gasteiger partial charge in [0.05, 0.1) is 6.61 Å². The monoisotopic (exact) mass is 368 g/mol. The zero-order valence-corrected chi connectivity index (χ0v) is 16.4. The third-order valence-electron chi connectivity index (χ3n) is 4.77. The minimum Gasteiger partial charge on any atom is -0.494 e. The van der Waals surface area contributed by atoms with E-state index in [1.807, 2.05) is 18.2 Å². The molecule has 0 bridgehead atoms. The van der Waals surface area contributed by atoms with Crippen LogP contribution in [-0.4, -0.2) is 17.5 Å². The molecule has 0 amide bonds. The van der Waals surface area contributed by atoms with Crippen LogP contribution in [0.2, 0.25) is 0 Å². The van der Waals surface area contributed by atoms with Crippen LogP contribution in [0.4, 0.5) is 0 Å². The highest BCUT2D eigenvalue weighted by molar-refractivity contribution is 5.99. The first-order valence-corrected chi connectivity index (χ1v) is 10.2. The molecule has 0 heterocycles. The van der Waals surface area contributed by atoms with Crippen LogP contribution in [0.1, 0.15) is 80.3 Å². The van der Waals surface area contributed by atoms with Crippen LogP contribution >= 0.6 is 0 Å². The van der Waals surface area contributed by atoms with Crippen molar-refractivity contribution >= 4 is 5.78 Å². The maximum atomic E-state index is 12.4. The van der Waals surface area contributed by atoms with Gasteiger partial charge in [0.2, 0.25) is 0 Å². The van der Waals surface area contributed by atoms with Crippen molar-refractivity contribution in [2.45, 2.75) is 64.4 Å². The van der Waals surface area contributed by atoms with Gasteiger partial charge in [0.25, 0.3) is 0 Å². The van der Waals surface area contributed by atoms with Crippen LogP contribution in [0.25, 0.3) is 0 Å². The molecule has 0 aliphatic heterocycles. The van der Waals surface area contributed by atoms with Crippen molar-refractivity contribution in [2.24, 2.45) is 0 Å². The van der Waals surface area contributed by atoms with Gasteiger partial charge in [-0.3, -0.25) is 4.79 Å². The number of Topliss-reactive ketones (excluding diaryl/α,β-unsaturated/α-hetero) is 1. The Kier molecular flexibility index (Phi) is 9.64. The van der Waals surface area contributed by atoms with E-state index in [2.05, 4.69) is 6.92 Å². The first-order valence-electron chi connectivity index (χ1n) is 10.2. The van der Waals surface area contributed by atoms with Gasteiger partial charge >= 0.3 is 0 Å². The Hall–Kier alpha value is -2.13. The lowest BCUT2D eigenvalue weighted by molar-refractivity contribution is 0.0747. The second-order valence-electron chi connectivity index (χ2n) is 7.03. The number of aliphatic hydroxyl groups excluding tert-OH is 1. The van der Waals surface area contributed by atoms with Crippen LogP contribution in [-0.2, 0) is 0 Å². The molecule has 0 saturated heterocycles. The molecule has 0 aromatic heterocycles. The van der Waals surface area contributed by atoms with Crippen molar-refractivity contribution in [1.82, 2.24) is 0 Å². The Labute approximate surface area is 163 Å². The quantitative estimate of drug-likeness (QED) is 0.342. The van der Waals surface area contributed by atoms with E-state index in [-0.39, 0.29) is 5.78 Å². The van der Waals surface area contributed by atoms with Crippen molar-refractivity contribution in [3.8, 4) is 5.75 Å². The van der Waals surface area contributed by atoms with Crippen molar-refractivity contribution in [2.75, 3.05) is 6.61 Å². The summed E-state index contributed by atoms with van der Waals surface area (Å²) in [5.74, 6) is 0.472. The van der Waals surface area contributed by atoms with Gasteiger partial charge in [-0.1, -0.05) is 82.2 Å². The SMILES string of the molecule is CCCCCCCCCCOc1ccc(C(=O)C(O)c2ccccc2)cc1. The summed E-state index contributed by atoms with van der Waals surface area (Å²) < 4.78 is 5.76. The molecule has 0 saturated carbocycles. The maximum absolute atomic E-state index is 12.4. The van der Waals surface area contributed by atoms with Crippen molar-refractivity contribution in [1.29, 1.82) is 0 Å². The highest BCUT2D eigenvalue weighted by Crippen LogP contribution is 2.20. The molecule has 146 valence electrons. The molecular formula is C24H32O3. The van der Waals surface area contributed by atoms with Crippen molar-refractivity contribution in [3.63, 3.8) is 0 Å². The van der Waals surface area contributed by atoms with Crippen LogP contribution in [0.3, 0.4) is 0 Å². The first kappa shape index (κ1) is 21.2. The summed E-state index contributed by atoms with van der Waals surface area (Å²) in [4.78, 5) is 12.4. The summed E-state index contributed by atoms with van der Waals surface area (Å²) in [5, 5.41) is 10.2. The molecule has 0 spiro atoms. The predicted octanol–water partition coefficient (Wildman–Crippen LogP) is 6.12. The van der Waals surface area contributed by atoms with E-state index >= 15 is 0 Å². The summed E-state index contributed by atoms with van der Waals surface area (Å²) in [6.07, 6.45) is 9.07. The van der Waals surface area contributed by atoms with E-state index in [9.17, 15) is 9.90 Å². The second kappa shape index (κ2) is 12.3. The van der Waals surface area contributed by atoms with Gasteiger partial charge in [0.1, 0.15) is 11.9 Å². The van der Waals surface area contributed by atoms with Crippen LogP contribution in [0.15, 0.2) is 54.6 Å². The van der Waals surface area contributed by atoms with Gasteiger partial charge in [0, 0.05) is 5.56 Å². The predicted molar refractivity (Wildman–Crippen MR) is 110 cm³/mol. The van der Waals surface area contributed by atoms with E-state index < -0.39 is 6.10 Å². The molecule has 2 aromatic carbocycles. The standard InChI is InChI=1S/C24H32O3/c1-2-3-4-5-6-7-8-12-19-27-22-17-15-21(16-18-22)24(26)23(25)20-13-10-9-11-14-20/h9-11,13-18,23,25H,2-8,12,19H2,1H3. The highest BCUT2D eigenvalue weighted by atomic mass is 16.5. The van der Waals surface area contributed by atoms with E-state index in [1.165, 1.54) is 44.9 Å². The van der Waals surface area contributed by atoms with Gasteiger partial charge in [-0.15, -0.1) is 0 Å². The molecule has 1 atom stereocenters. The summed E-state index contributed by atoms with van der Waals surface area (Å²) in [7, 11) is 0. The molecule has 0 radical (unpaired) electrons. The van der Waals surface area contributed by atoms with Gasteiger partial charge in [-0.2, -0.15) is 0 Å². The lowest BCUT2D eigenvalue weighted by Gasteiger charge is -2.11. The molecule has 2 aromatic rings. The number of benzene rings is 2. The number of aliphatic hydroxyl groups is 1. The lowest BCUT2D eigenvalue weighted by atomic mass is 10.00. The normalized spacial score (nSPS) is 11.9. The molecule has 3 nitrogen and oxygen atoms in total. The van der Waals surface area contributed by atoms with Gasteiger partial charge in [-0.05, 0) is 36.2 Å². The van der Waals surface area contributed by atoms with Crippen LogP contribution in [0, 0.1) is 0 Å². The number of unbranched alkanes of at least 4 members (excludes halogenated alkanes) is 7. The number of ketones is 1. The van der Waals surface area contributed by atoms with Crippen molar-refractivity contribution < 1.29 is 14.6 Å². The molecular weight excluding hydrogens is 336 g/mol. The number of carbonyl (C=O) groups is 1. The molecule has 2 rings (SSSR count). The lowest BCUT2D eigenvalue weighted by Crippen LogP contribution is -2.12. The number of hydrogen-bond donors (Lipinski definition) is 1. The second-order valence-corrected chi connectivity index (χ2v) is 7.03. The summed E-state index contributed by atoms with van der Waals surface area (Å²) in [6.45, 7) is 2.94. The molecule has 1 unspecified atom stereocenters. The summed E-state index contributed by atoms with van der Waals surface area (Å²) in [5.41, 5.74) is 1.10. The minimum absolute atomic E-state index is 0.296. The van der Waals surface area contributed by atoms with Gasteiger partial charge in [0.15, 0.2) is 5.78 Å². The Morgan fingerprint density at radius 1 is 0.852 bits per heavy atom. The fourth-order valence-corrected chi connectivity index (χ4v) is 3.09. The van der Waals surface area contributed by atoms with Crippen LogP contribution < -0.4 is 4.74 Å². The third-order valence-corrected chi connectivity index (χ3v) is 4.77. The number of hydrogen-bond acceptors (Lipinski definition) is 3. The average Bonchev–Trinajstić information content (AvgIpc) is 2.72. The molecule has 3 heteroatoms. The van der Waals surface area contributed by atoms with Gasteiger partial charge < -0.3 is 9.84 Å². The van der Waals surface area contributed by atoms with E-state index in [0.29, 0.717) is 17.7 Å². The molecule has 0 aliphatic rings. The maximum Gasteiger partial charge on any atom is 0.195 e. The highest BCUT2D eigenvalue weighted by Gasteiger charge is 2.18. The average molecular weight is 369 g/mol. The molecule has 1 N–H and O–H groups in total. The Bertz CT molecular complexity index is 649. The largest absolute Gasteiger partial charge is 0.494 e. The Morgan fingerprint density at radius 2 is 1.44 bits per heavy atom. The molecule has 0 fully saturated rings. The first-order chi connectivity index (χ1) is 13.2. The topological polar surface area (TPSA) is 46.5 Å². The Balaban J connectivity index is 1.68.